The number of methoxy groups -OCH3 is 1. The van der Waals surface area contributed by atoms with Crippen LogP contribution >= 0.6 is 11.6 Å². The van der Waals surface area contributed by atoms with Gasteiger partial charge in [0.2, 0.25) is 0 Å². The first kappa shape index (κ1) is 25.1. The lowest BCUT2D eigenvalue weighted by atomic mass is 9.95. The zero-order valence-corrected chi connectivity index (χ0v) is 20.8. The minimum atomic E-state index is -0.985. The van der Waals surface area contributed by atoms with E-state index in [1.54, 1.807) is 36.4 Å². The van der Waals surface area contributed by atoms with Gasteiger partial charge in [0.05, 0.1) is 30.4 Å². The van der Waals surface area contributed by atoms with Gasteiger partial charge >= 0.3 is 0 Å². The van der Waals surface area contributed by atoms with Gasteiger partial charge in [-0.25, -0.2) is 0 Å². The minimum absolute atomic E-state index is 0.0383. The Morgan fingerprint density at radius 3 is 2.42 bits per heavy atom. The quantitative estimate of drug-likeness (QED) is 0.241. The van der Waals surface area contributed by atoms with Gasteiger partial charge in [-0.05, 0) is 66.1 Å². The molecule has 0 aliphatic carbocycles. The fourth-order valence-corrected chi connectivity index (χ4v) is 4.23. The number of aliphatic hydroxyl groups excluding tert-OH is 1. The van der Waals surface area contributed by atoms with Crippen LogP contribution < -0.4 is 14.4 Å². The van der Waals surface area contributed by atoms with Crippen LogP contribution in [0.5, 0.6) is 17.2 Å². The van der Waals surface area contributed by atoms with E-state index in [1.165, 1.54) is 42.3 Å². The number of hydrogen-bond donors (Lipinski definition) is 2. The predicted molar refractivity (Wildman–Crippen MR) is 138 cm³/mol. The Bertz CT molecular complexity index is 1330. The van der Waals surface area contributed by atoms with E-state index in [0.717, 1.165) is 0 Å². The second-order valence-electron chi connectivity index (χ2n) is 8.81. The first-order chi connectivity index (χ1) is 17.2. The number of nitrogens with zero attached hydrogens (tertiary/aromatic N) is 1. The number of carbonyl (C=O) groups is 2. The third-order valence-electron chi connectivity index (χ3n) is 5.75. The number of hydrogen-bond acceptors (Lipinski definition) is 6. The number of ether oxygens (including phenoxy) is 2. The largest absolute Gasteiger partial charge is 0.508 e. The highest BCUT2D eigenvalue weighted by molar-refractivity contribution is 6.51. The lowest BCUT2D eigenvalue weighted by molar-refractivity contribution is -0.132. The number of aliphatic hydroxyl groups is 1. The van der Waals surface area contributed by atoms with Gasteiger partial charge in [-0.3, -0.25) is 14.5 Å². The molecule has 1 saturated heterocycles. The molecule has 1 aliphatic rings. The molecule has 1 fully saturated rings. The summed E-state index contributed by atoms with van der Waals surface area (Å²) in [5.74, 6) is -0.789. The number of aromatic hydroxyl groups is 1. The molecule has 8 heteroatoms. The Hall–Kier alpha value is -3.97. The van der Waals surface area contributed by atoms with Gasteiger partial charge in [0.15, 0.2) is 0 Å². The smallest absolute Gasteiger partial charge is 0.300 e. The number of rotatable bonds is 7. The molecule has 0 bridgehead atoms. The van der Waals surface area contributed by atoms with E-state index in [-0.39, 0.29) is 22.6 Å². The summed E-state index contributed by atoms with van der Waals surface area (Å²) in [6.45, 7) is 4.62. The average Bonchev–Trinajstić information content (AvgIpc) is 3.13. The summed E-state index contributed by atoms with van der Waals surface area (Å²) >= 11 is 6.12. The molecule has 3 aromatic rings. The number of anilines is 1. The van der Waals surface area contributed by atoms with E-state index in [2.05, 4.69) is 0 Å². The van der Waals surface area contributed by atoms with Crippen LogP contribution in [-0.2, 0) is 9.59 Å². The molecule has 186 valence electrons. The highest BCUT2D eigenvalue weighted by atomic mass is 35.5. The lowest BCUT2D eigenvalue weighted by Crippen LogP contribution is -2.29. The molecule has 36 heavy (non-hydrogen) atoms. The second-order valence-corrected chi connectivity index (χ2v) is 9.22. The Labute approximate surface area is 214 Å². The number of benzene rings is 3. The monoisotopic (exact) mass is 507 g/mol. The van der Waals surface area contributed by atoms with Crippen molar-refractivity contribution in [3.8, 4) is 17.2 Å². The van der Waals surface area contributed by atoms with Gasteiger partial charge in [0, 0.05) is 11.3 Å². The van der Waals surface area contributed by atoms with Crippen molar-refractivity contribution in [3.05, 3.63) is 88.5 Å². The summed E-state index contributed by atoms with van der Waals surface area (Å²) in [6, 6.07) is 16.6. The van der Waals surface area contributed by atoms with Crippen molar-refractivity contribution < 1.29 is 29.3 Å². The normalized spacial score (nSPS) is 17.0. The molecule has 1 atom stereocenters. The van der Waals surface area contributed by atoms with Crippen LogP contribution in [0.25, 0.3) is 5.76 Å². The molecular weight excluding hydrogens is 482 g/mol. The van der Waals surface area contributed by atoms with Crippen LogP contribution in [0.1, 0.15) is 31.0 Å². The molecule has 2 N–H and O–H groups in total. The number of amides is 1. The van der Waals surface area contributed by atoms with Crippen molar-refractivity contribution in [1.82, 2.24) is 0 Å². The van der Waals surface area contributed by atoms with Crippen molar-refractivity contribution in [3.63, 3.8) is 0 Å². The van der Waals surface area contributed by atoms with Crippen LogP contribution in [0.2, 0.25) is 5.02 Å². The van der Waals surface area contributed by atoms with Crippen LogP contribution in [-0.4, -0.2) is 35.6 Å². The molecule has 0 aromatic heterocycles. The molecule has 1 unspecified atom stereocenters. The Balaban J connectivity index is 1.84. The van der Waals surface area contributed by atoms with Gasteiger partial charge in [-0.15, -0.1) is 0 Å². The predicted octanol–water partition coefficient (Wildman–Crippen LogP) is 5.72. The van der Waals surface area contributed by atoms with Gasteiger partial charge in [0.1, 0.15) is 23.0 Å². The van der Waals surface area contributed by atoms with E-state index < -0.39 is 17.7 Å². The first-order valence-electron chi connectivity index (χ1n) is 11.4. The highest BCUT2D eigenvalue weighted by Gasteiger charge is 2.47. The summed E-state index contributed by atoms with van der Waals surface area (Å²) < 4.78 is 11.0. The van der Waals surface area contributed by atoms with Gasteiger partial charge in [-0.1, -0.05) is 37.6 Å². The van der Waals surface area contributed by atoms with Gasteiger partial charge in [-0.2, -0.15) is 0 Å². The third kappa shape index (κ3) is 4.88. The zero-order chi connectivity index (χ0) is 26.0. The molecule has 1 aliphatic heterocycles. The third-order valence-corrected chi connectivity index (χ3v) is 6.07. The fourth-order valence-electron chi connectivity index (χ4n) is 4.04. The molecule has 0 spiro atoms. The van der Waals surface area contributed by atoms with Gasteiger partial charge in [0.25, 0.3) is 11.7 Å². The van der Waals surface area contributed by atoms with E-state index >= 15 is 0 Å². The average molecular weight is 508 g/mol. The topological polar surface area (TPSA) is 96.3 Å². The van der Waals surface area contributed by atoms with Crippen LogP contribution in [0.15, 0.2) is 72.3 Å². The maximum Gasteiger partial charge on any atom is 0.300 e. The summed E-state index contributed by atoms with van der Waals surface area (Å²) in [5, 5.41) is 21.7. The van der Waals surface area contributed by atoms with Crippen molar-refractivity contribution in [2.75, 3.05) is 18.6 Å². The number of ketones is 1. The van der Waals surface area contributed by atoms with Crippen molar-refractivity contribution in [2.24, 2.45) is 5.92 Å². The molecule has 4 rings (SSSR count). The minimum Gasteiger partial charge on any atom is -0.508 e. The Kier molecular flexibility index (Phi) is 7.22. The number of halogens is 1. The van der Waals surface area contributed by atoms with Crippen LogP contribution in [0.3, 0.4) is 0 Å². The first-order valence-corrected chi connectivity index (χ1v) is 11.8. The van der Waals surface area contributed by atoms with Crippen molar-refractivity contribution in [1.29, 1.82) is 0 Å². The Morgan fingerprint density at radius 1 is 1.06 bits per heavy atom. The Morgan fingerprint density at radius 2 is 1.78 bits per heavy atom. The molecule has 7 nitrogen and oxygen atoms in total. The summed E-state index contributed by atoms with van der Waals surface area (Å²) in [4.78, 5) is 27.9. The molecule has 3 aromatic carbocycles. The fraction of sp³-hybridized carbons (Fsp3) is 0.214. The number of phenolic OH excluding ortho intramolecular Hbond substituents is 1. The number of Topliss-reactive ketones (excluding diaryl/α,β-unsaturated/α-hetero) is 1. The summed E-state index contributed by atoms with van der Waals surface area (Å²) in [6.07, 6.45) is 0. The second kappa shape index (κ2) is 10.3. The summed E-state index contributed by atoms with van der Waals surface area (Å²) in [5.41, 5.74) is 1.04. The molecule has 0 saturated carbocycles. The maximum atomic E-state index is 13.3. The van der Waals surface area contributed by atoms with E-state index in [4.69, 9.17) is 21.1 Å². The molecule has 1 heterocycles. The summed E-state index contributed by atoms with van der Waals surface area (Å²) in [7, 11) is 1.44. The zero-order valence-electron chi connectivity index (χ0n) is 20.1. The molecular formula is C28H26ClNO6. The molecule has 0 radical (unpaired) electrons. The van der Waals surface area contributed by atoms with E-state index in [1.807, 2.05) is 13.8 Å². The van der Waals surface area contributed by atoms with Crippen molar-refractivity contribution in [2.45, 2.75) is 19.9 Å². The lowest BCUT2D eigenvalue weighted by Gasteiger charge is -2.25. The van der Waals surface area contributed by atoms with Gasteiger partial charge < -0.3 is 19.7 Å². The SMILES string of the molecule is COc1cc(/C(O)=C2/C(=O)C(=O)N(c3ccc(OCC(C)C)cc3)C2c2cccc(O)c2)ccc1Cl. The van der Waals surface area contributed by atoms with E-state index in [9.17, 15) is 19.8 Å². The number of carbonyl (C=O) groups excluding carboxylic acids is 2. The van der Waals surface area contributed by atoms with E-state index in [0.29, 0.717) is 40.3 Å². The van der Waals surface area contributed by atoms with Crippen molar-refractivity contribution >= 4 is 34.7 Å². The van der Waals surface area contributed by atoms with Crippen LogP contribution in [0.4, 0.5) is 5.69 Å². The standard InChI is InChI=1S/C28H26ClNO6/c1-16(2)15-36-21-10-8-19(9-11-21)30-25(17-5-4-6-20(31)13-17)24(27(33)28(30)34)26(32)18-7-12-22(29)23(14-18)35-3/h4-14,16,25,31-32H,15H2,1-3H3/b26-24-. The highest BCUT2D eigenvalue weighted by Crippen LogP contribution is 2.43. The molecule has 1 amide bonds. The van der Waals surface area contributed by atoms with Crippen LogP contribution in [0, 0.1) is 5.92 Å². The number of phenols is 1. The maximum absolute atomic E-state index is 13.3.